The number of ketones is 1. The molecule has 7 rings (SSSR count). The normalized spacial score (nSPS) is 34.9. The van der Waals surface area contributed by atoms with Gasteiger partial charge in [0.2, 0.25) is 0 Å². The van der Waals surface area contributed by atoms with E-state index in [0.29, 0.717) is 37.7 Å². The highest BCUT2D eigenvalue weighted by Gasteiger charge is 2.67. The maximum atomic E-state index is 14.3. The number of rotatable bonds is 2. The lowest BCUT2D eigenvalue weighted by molar-refractivity contribution is -0.114. The third-order valence-corrected chi connectivity index (χ3v) is 10.4. The van der Waals surface area contributed by atoms with Crippen LogP contribution in [0.25, 0.3) is 11.1 Å². The lowest BCUT2D eigenvalue weighted by atomic mass is 9.50. The van der Waals surface area contributed by atoms with E-state index < -0.39 is 11.7 Å². The van der Waals surface area contributed by atoms with E-state index in [9.17, 15) is 13.6 Å². The Morgan fingerprint density at radius 2 is 1.84 bits per heavy atom. The zero-order chi connectivity index (χ0) is 25.4. The molecule has 0 N–H and O–H groups in total. The molecule has 0 amide bonds. The van der Waals surface area contributed by atoms with Crippen LogP contribution in [0.2, 0.25) is 0 Å². The molecule has 1 aromatic carbocycles. The van der Waals surface area contributed by atoms with Crippen molar-refractivity contribution in [3.05, 3.63) is 82.9 Å². The first-order valence-electron chi connectivity index (χ1n) is 13.7. The summed E-state index contributed by atoms with van der Waals surface area (Å²) in [6.07, 6.45) is 9.73. The van der Waals surface area contributed by atoms with Gasteiger partial charge in [-0.15, -0.1) is 0 Å². The van der Waals surface area contributed by atoms with E-state index in [4.69, 9.17) is 9.15 Å². The van der Waals surface area contributed by atoms with Crippen molar-refractivity contribution in [2.45, 2.75) is 69.8 Å². The molecule has 1 spiro atoms. The van der Waals surface area contributed by atoms with Crippen molar-refractivity contribution >= 4 is 5.78 Å². The van der Waals surface area contributed by atoms with Crippen molar-refractivity contribution < 1.29 is 22.7 Å². The number of hydrogen-bond donors (Lipinski definition) is 0. The minimum absolute atomic E-state index is 0.125. The summed E-state index contributed by atoms with van der Waals surface area (Å²) in [5.41, 5.74) is 6.46. The summed E-state index contributed by atoms with van der Waals surface area (Å²) in [6.45, 7) is 2.62. The van der Waals surface area contributed by atoms with E-state index in [1.54, 1.807) is 12.5 Å². The van der Waals surface area contributed by atoms with Gasteiger partial charge in [-0.1, -0.05) is 36.8 Å². The first-order valence-corrected chi connectivity index (χ1v) is 13.7. The Morgan fingerprint density at radius 1 is 1.00 bits per heavy atom. The van der Waals surface area contributed by atoms with Gasteiger partial charge < -0.3 is 9.15 Å². The Balaban J connectivity index is 1.38. The average molecular weight is 503 g/mol. The maximum absolute atomic E-state index is 14.3. The molecule has 1 saturated heterocycles. The highest BCUT2D eigenvalue weighted by molar-refractivity contribution is 5.93. The second kappa shape index (κ2) is 8.36. The van der Waals surface area contributed by atoms with Crippen molar-refractivity contribution in [1.29, 1.82) is 0 Å². The molecule has 2 saturated carbocycles. The summed E-state index contributed by atoms with van der Waals surface area (Å²) in [4.78, 5) is 12.3. The lowest BCUT2D eigenvalue weighted by Crippen LogP contribution is -2.52. The molecule has 5 atom stereocenters. The van der Waals surface area contributed by atoms with E-state index in [-0.39, 0.29) is 22.7 Å². The SMILES string of the molecule is C[C@]12C[C@H](c3ccc(-c4ccoc4)cc3)C3=C4CCC(=O)C=C4CCC3C1CCC21OCCC1=C(F)F. The van der Waals surface area contributed by atoms with E-state index in [1.165, 1.54) is 22.3 Å². The molecule has 2 heterocycles. The molecule has 4 aliphatic carbocycles. The summed E-state index contributed by atoms with van der Waals surface area (Å²) in [7, 11) is 0. The van der Waals surface area contributed by atoms with Gasteiger partial charge in [0.25, 0.3) is 6.08 Å². The van der Waals surface area contributed by atoms with Gasteiger partial charge in [-0.2, -0.15) is 8.78 Å². The number of ether oxygens (including phenoxy) is 1. The lowest BCUT2D eigenvalue weighted by Gasteiger charge is -2.55. The fourth-order valence-electron chi connectivity index (χ4n) is 8.88. The summed E-state index contributed by atoms with van der Waals surface area (Å²) >= 11 is 0. The number of benzene rings is 1. The van der Waals surface area contributed by atoms with Crippen LogP contribution in [0.3, 0.4) is 0 Å². The fraction of sp³-hybridized carbons (Fsp3) is 0.469. The molecule has 192 valence electrons. The quantitative estimate of drug-likeness (QED) is 0.416. The smallest absolute Gasteiger partial charge is 0.272 e. The van der Waals surface area contributed by atoms with Crippen LogP contribution >= 0.6 is 0 Å². The van der Waals surface area contributed by atoms with E-state index >= 15 is 0 Å². The largest absolute Gasteiger partial charge is 0.472 e. The Labute approximate surface area is 216 Å². The van der Waals surface area contributed by atoms with Crippen molar-refractivity contribution in [2.24, 2.45) is 17.3 Å². The molecular weight excluding hydrogens is 470 g/mol. The minimum atomic E-state index is -1.54. The fourth-order valence-corrected chi connectivity index (χ4v) is 8.88. The highest BCUT2D eigenvalue weighted by atomic mass is 19.3. The summed E-state index contributed by atoms with van der Waals surface area (Å²) in [6, 6.07) is 10.6. The van der Waals surface area contributed by atoms with E-state index in [2.05, 4.69) is 31.2 Å². The van der Waals surface area contributed by atoms with Gasteiger partial charge in [0.05, 0.1) is 19.1 Å². The highest BCUT2D eigenvalue weighted by Crippen LogP contribution is 2.70. The molecule has 5 heteroatoms. The van der Waals surface area contributed by atoms with Crippen molar-refractivity contribution in [3.8, 4) is 11.1 Å². The van der Waals surface area contributed by atoms with Gasteiger partial charge in [0, 0.05) is 35.3 Å². The molecule has 1 aromatic heterocycles. The molecule has 0 bridgehead atoms. The number of carbonyl (C=O) groups is 1. The molecule has 5 aliphatic rings. The van der Waals surface area contributed by atoms with Crippen LogP contribution in [0, 0.1) is 17.3 Å². The van der Waals surface area contributed by atoms with Crippen LogP contribution in [0.5, 0.6) is 0 Å². The molecule has 37 heavy (non-hydrogen) atoms. The first-order chi connectivity index (χ1) is 17.9. The topological polar surface area (TPSA) is 39.4 Å². The van der Waals surface area contributed by atoms with Gasteiger partial charge in [-0.05, 0) is 84.8 Å². The number of hydrogen-bond acceptors (Lipinski definition) is 3. The van der Waals surface area contributed by atoms with Crippen molar-refractivity contribution in [3.63, 3.8) is 0 Å². The molecule has 0 radical (unpaired) electrons. The Hall–Kier alpha value is -2.79. The summed E-state index contributed by atoms with van der Waals surface area (Å²) in [5, 5.41) is 0. The third-order valence-electron chi connectivity index (χ3n) is 10.4. The Morgan fingerprint density at radius 3 is 2.59 bits per heavy atom. The van der Waals surface area contributed by atoms with Crippen LogP contribution < -0.4 is 0 Å². The predicted octanol–water partition coefficient (Wildman–Crippen LogP) is 8.16. The Kier molecular flexibility index (Phi) is 5.27. The Bertz CT molecular complexity index is 1340. The number of allylic oxidation sites excluding steroid dienone is 4. The van der Waals surface area contributed by atoms with Crippen LogP contribution in [-0.4, -0.2) is 18.0 Å². The van der Waals surface area contributed by atoms with Crippen molar-refractivity contribution in [2.75, 3.05) is 6.61 Å². The molecular formula is C32H32F2O3. The zero-order valence-corrected chi connectivity index (χ0v) is 21.2. The monoisotopic (exact) mass is 502 g/mol. The van der Waals surface area contributed by atoms with Gasteiger partial charge >= 0.3 is 0 Å². The van der Waals surface area contributed by atoms with Gasteiger partial charge in [0.1, 0.15) is 5.60 Å². The second-order valence-electron chi connectivity index (χ2n) is 11.8. The van der Waals surface area contributed by atoms with Crippen LogP contribution in [0.15, 0.2) is 81.7 Å². The second-order valence-corrected chi connectivity index (χ2v) is 11.8. The van der Waals surface area contributed by atoms with Crippen LogP contribution in [0.4, 0.5) is 8.78 Å². The number of halogens is 2. The number of furan rings is 1. The average Bonchev–Trinajstić information content (AvgIpc) is 3.64. The minimum Gasteiger partial charge on any atom is -0.472 e. The van der Waals surface area contributed by atoms with E-state index in [0.717, 1.165) is 43.2 Å². The predicted molar refractivity (Wildman–Crippen MR) is 137 cm³/mol. The molecule has 3 fully saturated rings. The van der Waals surface area contributed by atoms with E-state index in [1.807, 2.05) is 12.1 Å². The van der Waals surface area contributed by atoms with Crippen LogP contribution in [0.1, 0.15) is 69.8 Å². The van der Waals surface area contributed by atoms with Crippen LogP contribution in [-0.2, 0) is 9.53 Å². The van der Waals surface area contributed by atoms with Gasteiger partial charge in [0.15, 0.2) is 5.78 Å². The maximum Gasteiger partial charge on any atom is 0.272 e. The summed E-state index contributed by atoms with van der Waals surface area (Å²) in [5.74, 6) is 1.000. The van der Waals surface area contributed by atoms with Gasteiger partial charge in [-0.25, -0.2) is 0 Å². The van der Waals surface area contributed by atoms with Crippen molar-refractivity contribution in [1.82, 2.24) is 0 Å². The first kappa shape index (κ1) is 23.3. The third kappa shape index (κ3) is 3.29. The molecule has 2 aromatic rings. The summed E-state index contributed by atoms with van der Waals surface area (Å²) < 4.78 is 40.3. The molecule has 3 unspecified atom stereocenters. The standard InChI is InChI=1S/C32H32F2O3/c1-31-17-26(20-4-2-19(3-5-20)22-11-14-36-18-22)29-24-9-7-23(35)16-21(24)6-8-25(29)27(31)10-13-32(31)28(30(33)34)12-15-37-32/h2-5,11,14,16,18,25-27H,6-10,12-13,15,17H2,1H3/t25?,26-,27?,31+,32?/m1/s1. The zero-order valence-electron chi connectivity index (χ0n) is 21.2. The number of carbonyl (C=O) groups excluding carboxylic acids is 1. The molecule has 1 aliphatic heterocycles. The van der Waals surface area contributed by atoms with Gasteiger partial charge in [-0.3, -0.25) is 4.79 Å². The molecule has 3 nitrogen and oxygen atoms in total. The number of fused-ring (bicyclic) bond motifs is 5.